The molecular formula is C26H31FN4O. The topological polar surface area (TPSA) is 59.0 Å². The Bertz CT molecular complexity index is 1090. The summed E-state index contributed by atoms with van der Waals surface area (Å²) in [5.41, 5.74) is 4.03. The lowest BCUT2D eigenvalue weighted by Gasteiger charge is -2.23. The second kappa shape index (κ2) is 9.81. The number of benzene rings is 2. The quantitative estimate of drug-likeness (QED) is 0.395. The number of halogens is 1. The maximum absolute atomic E-state index is 13.5. The van der Waals surface area contributed by atoms with Crippen LogP contribution in [0.5, 0.6) is 0 Å². The molecule has 168 valence electrons. The number of rotatable bonds is 8. The van der Waals surface area contributed by atoms with Crippen LogP contribution in [-0.2, 0) is 5.54 Å². The highest BCUT2D eigenvalue weighted by atomic mass is 19.1. The highest BCUT2D eigenvalue weighted by Gasteiger charge is 2.25. The average molecular weight is 435 g/mol. The molecule has 0 unspecified atom stereocenters. The largest absolute Gasteiger partial charge is 0.385 e. The number of nitrogens with one attached hydrogen (secondary N) is 2. The zero-order valence-corrected chi connectivity index (χ0v) is 19.2. The Hall–Kier alpha value is -3.41. The molecule has 5 nitrogen and oxygen atoms in total. The smallest absolute Gasteiger partial charge is 0.259 e. The van der Waals surface area contributed by atoms with Gasteiger partial charge in [-0.2, -0.15) is 5.10 Å². The van der Waals surface area contributed by atoms with E-state index in [0.29, 0.717) is 16.9 Å². The third-order valence-electron chi connectivity index (χ3n) is 5.14. The van der Waals surface area contributed by atoms with Crippen molar-refractivity contribution in [3.8, 4) is 11.3 Å². The minimum Gasteiger partial charge on any atom is -0.385 e. The van der Waals surface area contributed by atoms with Gasteiger partial charge in [-0.05, 0) is 69.2 Å². The molecule has 0 radical (unpaired) electrons. The van der Waals surface area contributed by atoms with Gasteiger partial charge < -0.3 is 10.6 Å². The minimum atomic E-state index is -0.357. The summed E-state index contributed by atoms with van der Waals surface area (Å²) in [6.45, 7) is 12.9. The molecule has 2 N–H and O–H groups in total. The number of anilines is 2. The molecule has 1 amide bonds. The number of amides is 1. The van der Waals surface area contributed by atoms with E-state index in [-0.39, 0.29) is 17.3 Å². The molecule has 0 aliphatic rings. The summed E-state index contributed by atoms with van der Waals surface area (Å²) in [7, 11) is 0. The first-order valence-corrected chi connectivity index (χ1v) is 10.9. The van der Waals surface area contributed by atoms with Crippen molar-refractivity contribution >= 4 is 23.4 Å². The SMILES string of the molecule is C=Cc1ccc(NC(=O)c2cnn(C(C)(C)C)c2-c2ccc(F)cc2)cc1NCCCC. The van der Waals surface area contributed by atoms with Crippen LogP contribution >= 0.6 is 0 Å². The van der Waals surface area contributed by atoms with Crippen LogP contribution in [0.2, 0.25) is 0 Å². The Kier molecular flexibility index (Phi) is 7.13. The summed E-state index contributed by atoms with van der Waals surface area (Å²) in [5, 5.41) is 10.9. The summed E-state index contributed by atoms with van der Waals surface area (Å²) in [4.78, 5) is 13.3. The standard InChI is InChI=1S/C26H31FN4O/c1-6-8-15-28-23-16-21(14-11-18(23)7-2)30-25(32)22-17-29-31(26(3,4)5)24(22)19-9-12-20(27)13-10-19/h7,9-14,16-17,28H,2,6,8,15H2,1,3-5H3,(H,30,32). The lowest BCUT2D eigenvalue weighted by atomic mass is 10.0. The second-order valence-electron chi connectivity index (χ2n) is 8.74. The Labute approximate surface area is 189 Å². The summed E-state index contributed by atoms with van der Waals surface area (Å²) in [6.07, 6.45) is 5.51. The van der Waals surface area contributed by atoms with Gasteiger partial charge in [-0.25, -0.2) is 4.39 Å². The minimum absolute atomic E-state index is 0.273. The Morgan fingerprint density at radius 1 is 1.19 bits per heavy atom. The molecule has 1 heterocycles. The molecule has 32 heavy (non-hydrogen) atoms. The molecule has 0 spiro atoms. The van der Waals surface area contributed by atoms with E-state index in [2.05, 4.69) is 29.2 Å². The van der Waals surface area contributed by atoms with E-state index in [1.807, 2.05) is 39.0 Å². The highest BCUT2D eigenvalue weighted by molar-refractivity contribution is 6.08. The third kappa shape index (κ3) is 5.25. The van der Waals surface area contributed by atoms with Gasteiger partial charge in [-0.3, -0.25) is 9.48 Å². The number of nitrogens with zero attached hydrogens (tertiary/aromatic N) is 2. The Morgan fingerprint density at radius 3 is 2.53 bits per heavy atom. The molecule has 6 heteroatoms. The zero-order chi connectivity index (χ0) is 23.3. The number of carbonyl (C=O) groups is 1. The molecule has 0 atom stereocenters. The van der Waals surface area contributed by atoms with Crippen molar-refractivity contribution in [2.45, 2.75) is 46.1 Å². The molecular weight excluding hydrogens is 403 g/mol. The van der Waals surface area contributed by atoms with Gasteiger partial charge in [0.2, 0.25) is 0 Å². The van der Waals surface area contributed by atoms with E-state index >= 15 is 0 Å². The van der Waals surface area contributed by atoms with Gasteiger partial charge in [0, 0.05) is 23.5 Å². The molecule has 3 aromatic rings. The molecule has 0 bridgehead atoms. The molecule has 3 rings (SSSR count). The van der Waals surface area contributed by atoms with Gasteiger partial charge >= 0.3 is 0 Å². The first-order chi connectivity index (χ1) is 15.2. The fourth-order valence-corrected chi connectivity index (χ4v) is 3.47. The van der Waals surface area contributed by atoms with Crippen molar-refractivity contribution in [2.24, 2.45) is 0 Å². The molecule has 0 saturated carbocycles. The van der Waals surface area contributed by atoms with Crippen LogP contribution in [-0.4, -0.2) is 22.2 Å². The molecule has 0 saturated heterocycles. The monoisotopic (exact) mass is 434 g/mol. The Morgan fingerprint density at radius 2 is 1.91 bits per heavy atom. The number of aromatic nitrogens is 2. The van der Waals surface area contributed by atoms with Crippen molar-refractivity contribution < 1.29 is 9.18 Å². The highest BCUT2D eigenvalue weighted by Crippen LogP contribution is 2.30. The number of hydrogen-bond acceptors (Lipinski definition) is 3. The van der Waals surface area contributed by atoms with Gasteiger partial charge in [-0.15, -0.1) is 0 Å². The summed E-state index contributed by atoms with van der Waals surface area (Å²) >= 11 is 0. The van der Waals surface area contributed by atoms with Crippen molar-refractivity contribution in [1.29, 1.82) is 0 Å². The predicted molar refractivity (Wildman–Crippen MR) is 131 cm³/mol. The Balaban J connectivity index is 1.95. The van der Waals surface area contributed by atoms with Gasteiger partial charge in [0.15, 0.2) is 0 Å². The summed E-state index contributed by atoms with van der Waals surface area (Å²) < 4.78 is 15.3. The molecule has 0 aliphatic carbocycles. The maximum atomic E-state index is 13.5. The van der Waals surface area contributed by atoms with E-state index in [0.717, 1.165) is 36.2 Å². The number of carbonyl (C=O) groups excluding carboxylic acids is 1. The van der Waals surface area contributed by atoms with Gasteiger partial charge in [0.05, 0.1) is 23.0 Å². The fourth-order valence-electron chi connectivity index (χ4n) is 3.47. The van der Waals surface area contributed by atoms with Gasteiger partial charge in [0.25, 0.3) is 5.91 Å². The molecule has 2 aromatic carbocycles. The summed E-state index contributed by atoms with van der Waals surface area (Å²) in [5.74, 6) is -0.599. The number of unbranched alkanes of at least 4 members (excludes halogenated alkanes) is 1. The second-order valence-corrected chi connectivity index (χ2v) is 8.74. The van der Waals surface area contributed by atoms with E-state index < -0.39 is 0 Å². The van der Waals surface area contributed by atoms with E-state index in [1.165, 1.54) is 12.1 Å². The summed E-state index contributed by atoms with van der Waals surface area (Å²) in [6, 6.07) is 11.8. The van der Waals surface area contributed by atoms with Crippen LogP contribution in [0.25, 0.3) is 17.3 Å². The zero-order valence-electron chi connectivity index (χ0n) is 19.2. The molecule has 1 aromatic heterocycles. The molecule has 0 aliphatic heterocycles. The van der Waals surface area contributed by atoms with Crippen LogP contribution in [0, 0.1) is 5.82 Å². The van der Waals surface area contributed by atoms with Crippen molar-refractivity contribution in [3.63, 3.8) is 0 Å². The van der Waals surface area contributed by atoms with Gasteiger partial charge in [0.1, 0.15) is 5.82 Å². The third-order valence-corrected chi connectivity index (χ3v) is 5.14. The first kappa shape index (κ1) is 23.3. The van der Waals surface area contributed by atoms with Gasteiger partial charge in [-0.1, -0.05) is 32.1 Å². The average Bonchev–Trinajstić information content (AvgIpc) is 3.21. The lowest BCUT2D eigenvalue weighted by molar-refractivity contribution is 0.102. The van der Waals surface area contributed by atoms with Crippen LogP contribution < -0.4 is 10.6 Å². The van der Waals surface area contributed by atoms with E-state index in [4.69, 9.17) is 0 Å². The van der Waals surface area contributed by atoms with Crippen molar-refractivity contribution in [2.75, 3.05) is 17.2 Å². The van der Waals surface area contributed by atoms with Crippen LogP contribution in [0.15, 0.2) is 55.2 Å². The fraction of sp³-hybridized carbons (Fsp3) is 0.308. The number of hydrogen-bond donors (Lipinski definition) is 2. The van der Waals surface area contributed by atoms with Crippen LogP contribution in [0.3, 0.4) is 0 Å². The van der Waals surface area contributed by atoms with Crippen molar-refractivity contribution in [1.82, 2.24) is 9.78 Å². The van der Waals surface area contributed by atoms with E-state index in [1.54, 1.807) is 29.1 Å². The first-order valence-electron chi connectivity index (χ1n) is 10.9. The lowest BCUT2D eigenvalue weighted by Crippen LogP contribution is -2.24. The van der Waals surface area contributed by atoms with Crippen LogP contribution in [0.1, 0.15) is 56.5 Å². The normalized spacial score (nSPS) is 11.3. The maximum Gasteiger partial charge on any atom is 0.259 e. The van der Waals surface area contributed by atoms with Crippen LogP contribution in [0.4, 0.5) is 15.8 Å². The molecule has 0 fully saturated rings. The predicted octanol–water partition coefficient (Wildman–Crippen LogP) is 6.55. The van der Waals surface area contributed by atoms with Crippen molar-refractivity contribution in [3.05, 3.63) is 72.2 Å². The van der Waals surface area contributed by atoms with E-state index in [9.17, 15) is 9.18 Å².